The van der Waals surface area contributed by atoms with Crippen molar-refractivity contribution in [2.75, 3.05) is 13.1 Å². The van der Waals surface area contributed by atoms with Gasteiger partial charge in [-0.3, -0.25) is 0 Å². The highest BCUT2D eigenvalue weighted by Crippen LogP contribution is 2.16. The van der Waals surface area contributed by atoms with Crippen molar-refractivity contribution < 1.29 is 0 Å². The summed E-state index contributed by atoms with van der Waals surface area (Å²) in [5, 5.41) is 3.47. The van der Waals surface area contributed by atoms with Crippen LogP contribution in [0.4, 0.5) is 0 Å². The molecular formula is C10H24N2. The molecule has 0 rings (SSSR count). The number of hydrogen-bond donors (Lipinski definition) is 2. The molecule has 0 aromatic rings. The summed E-state index contributed by atoms with van der Waals surface area (Å²) in [6.45, 7) is 10.7. The lowest BCUT2D eigenvalue weighted by molar-refractivity contribution is 0.330. The number of nitrogens with two attached hydrogens (primary N) is 1. The smallest absolute Gasteiger partial charge is 0.00361 e. The summed E-state index contributed by atoms with van der Waals surface area (Å²) in [5.41, 5.74) is 5.92. The Labute approximate surface area is 76.9 Å². The molecule has 1 unspecified atom stereocenters. The van der Waals surface area contributed by atoms with E-state index >= 15 is 0 Å². The maximum atomic E-state index is 5.63. The van der Waals surface area contributed by atoms with Crippen LogP contribution in [0.2, 0.25) is 0 Å². The first-order valence-corrected chi connectivity index (χ1v) is 4.95. The van der Waals surface area contributed by atoms with Gasteiger partial charge >= 0.3 is 0 Å². The molecule has 0 saturated carbocycles. The van der Waals surface area contributed by atoms with Gasteiger partial charge in [0.05, 0.1) is 0 Å². The van der Waals surface area contributed by atoms with Crippen LogP contribution in [0, 0.1) is 5.41 Å². The molecule has 12 heavy (non-hydrogen) atoms. The lowest BCUT2D eigenvalue weighted by Gasteiger charge is -2.23. The molecule has 0 radical (unpaired) electrons. The van der Waals surface area contributed by atoms with Crippen molar-refractivity contribution in [2.24, 2.45) is 11.1 Å². The van der Waals surface area contributed by atoms with E-state index in [1.807, 2.05) is 0 Å². The fourth-order valence-corrected chi connectivity index (χ4v) is 0.903. The molecule has 2 nitrogen and oxygen atoms in total. The first-order valence-electron chi connectivity index (χ1n) is 4.95. The van der Waals surface area contributed by atoms with Gasteiger partial charge in [0, 0.05) is 6.04 Å². The quantitative estimate of drug-likeness (QED) is 0.640. The van der Waals surface area contributed by atoms with Gasteiger partial charge in [0.25, 0.3) is 0 Å². The first kappa shape index (κ1) is 11.9. The van der Waals surface area contributed by atoms with E-state index in [1.54, 1.807) is 0 Å². The molecule has 0 aliphatic carbocycles. The summed E-state index contributed by atoms with van der Waals surface area (Å²) in [6.07, 6.45) is 2.36. The van der Waals surface area contributed by atoms with Crippen molar-refractivity contribution in [3.05, 3.63) is 0 Å². The molecule has 0 aromatic heterocycles. The standard InChI is InChI=1S/C10H24N2/c1-5-9(2)12-7-6-10(3,4)8-11/h9,12H,5-8,11H2,1-4H3. The third kappa shape index (κ3) is 5.56. The van der Waals surface area contributed by atoms with Gasteiger partial charge in [-0.15, -0.1) is 0 Å². The molecule has 0 aliphatic rings. The van der Waals surface area contributed by atoms with Crippen molar-refractivity contribution in [1.29, 1.82) is 0 Å². The largest absolute Gasteiger partial charge is 0.330 e. The van der Waals surface area contributed by atoms with Crippen molar-refractivity contribution in [3.63, 3.8) is 0 Å². The van der Waals surface area contributed by atoms with E-state index in [4.69, 9.17) is 5.73 Å². The number of rotatable bonds is 6. The van der Waals surface area contributed by atoms with Gasteiger partial charge in [0.2, 0.25) is 0 Å². The minimum Gasteiger partial charge on any atom is -0.330 e. The fourth-order valence-electron chi connectivity index (χ4n) is 0.903. The molecule has 0 aromatic carbocycles. The predicted molar refractivity (Wildman–Crippen MR) is 55.2 cm³/mol. The maximum absolute atomic E-state index is 5.63. The predicted octanol–water partition coefficient (Wildman–Crippen LogP) is 1.75. The molecule has 0 saturated heterocycles. The Hall–Kier alpha value is -0.0800. The molecule has 0 aliphatic heterocycles. The molecule has 74 valence electrons. The third-order valence-electron chi connectivity index (χ3n) is 2.46. The van der Waals surface area contributed by atoms with Crippen LogP contribution in [0.15, 0.2) is 0 Å². The van der Waals surface area contributed by atoms with Crippen LogP contribution < -0.4 is 11.1 Å². The SMILES string of the molecule is CCC(C)NCCC(C)(C)CN. The zero-order valence-corrected chi connectivity index (χ0v) is 8.98. The van der Waals surface area contributed by atoms with Gasteiger partial charge in [-0.05, 0) is 38.3 Å². The van der Waals surface area contributed by atoms with E-state index in [1.165, 1.54) is 6.42 Å². The van der Waals surface area contributed by atoms with Crippen molar-refractivity contribution in [1.82, 2.24) is 5.32 Å². The lowest BCUT2D eigenvalue weighted by atomic mass is 9.89. The van der Waals surface area contributed by atoms with E-state index in [9.17, 15) is 0 Å². The average molecular weight is 172 g/mol. The monoisotopic (exact) mass is 172 g/mol. The first-order chi connectivity index (χ1) is 5.52. The second kappa shape index (κ2) is 5.55. The van der Waals surface area contributed by atoms with Crippen LogP contribution >= 0.6 is 0 Å². The molecule has 1 atom stereocenters. The van der Waals surface area contributed by atoms with Crippen LogP contribution in [0.25, 0.3) is 0 Å². The highest BCUT2D eigenvalue weighted by atomic mass is 14.9. The van der Waals surface area contributed by atoms with Crippen molar-refractivity contribution >= 4 is 0 Å². The minimum absolute atomic E-state index is 0.292. The van der Waals surface area contributed by atoms with Gasteiger partial charge in [-0.25, -0.2) is 0 Å². The van der Waals surface area contributed by atoms with Gasteiger partial charge < -0.3 is 11.1 Å². The molecule has 0 bridgehead atoms. The van der Waals surface area contributed by atoms with E-state index in [2.05, 4.69) is 33.0 Å². The Morgan fingerprint density at radius 1 is 1.42 bits per heavy atom. The van der Waals surface area contributed by atoms with E-state index in [0.29, 0.717) is 11.5 Å². The van der Waals surface area contributed by atoms with E-state index < -0.39 is 0 Å². The fraction of sp³-hybridized carbons (Fsp3) is 1.00. The summed E-state index contributed by atoms with van der Waals surface area (Å²) in [6, 6.07) is 0.638. The summed E-state index contributed by atoms with van der Waals surface area (Å²) < 4.78 is 0. The summed E-state index contributed by atoms with van der Waals surface area (Å²) >= 11 is 0. The highest BCUT2D eigenvalue weighted by molar-refractivity contribution is 4.71. The second-order valence-corrected chi connectivity index (χ2v) is 4.38. The van der Waals surface area contributed by atoms with Crippen LogP contribution in [0.5, 0.6) is 0 Å². The summed E-state index contributed by atoms with van der Waals surface area (Å²) in [7, 11) is 0. The highest BCUT2D eigenvalue weighted by Gasteiger charge is 2.14. The molecule has 0 heterocycles. The van der Waals surface area contributed by atoms with Crippen LogP contribution in [-0.2, 0) is 0 Å². The summed E-state index contributed by atoms with van der Waals surface area (Å²) in [5.74, 6) is 0. The zero-order valence-electron chi connectivity index (χ0n) is 8.98. The van der Waals surface area contributed by atoms with Gasteiger partial charge in [-0.2, -0.15) is 0 Å². The van der Waals surface area contributed by atoms with Crippen LogP contribution in [0.1, 0.15) is 40.5 Å². The third-order valence-corrected chi connectivity index (χ3v) is 2.46. The van der Waals surface area contributed by atoms with Gasteiger partial charge in [0.1, 0.15) is 0 Å². The minimum atomic E-state index is 0.292. The van der Waals surface area contributed by atoms with Gasteiger partial charge in [-0.1, -0.05) is 20.8 Å². The molecule has 0 fully saturated rings. The number of hydrogen-bond acceptors (Lipinski definition) is 2. The topological polar surface area (TPSA) is 38.0 Å². The van der Waals surface area contributed by atoms with E-state index in [0.717, 1.165) is 19.5 Å². The van der Waals surface area contributed by atoms with E-state index in [-0.39, 0.29) is 0 Å². The van der Waals surface area contributed by atoms with Crippen molar-refractivity contribution in [3.8, 4) is 0 Å². The molecule has 2 heteroatoms. The zero-order chi connectivity index (χ0) is 9.61. The second-order valence-electron chi connectivity index (χ2n) is 4.38. The molecule has 0 spiro atoms. The van der Waals surface area contributed by atoms with Crippen LogP contribution in [0.3, 0.4) is 0 Å². The Bertz CT molecular complexity index is 110. The number of nitrogens with one attached hydrogen (secondary N) is 1. The summed E-state index contributed by atoms with van der Waals surface area (Å²) in [4.78, 5) is 0. The maximum Gasteiger partial charge on any atom is 0.00361 e. The van der Waals surface area contributed by atoms with Crippen molar-refractivity contribution in [2.45, 2.75) is 46.6 Å². The van der Waals surface area contributed by atoms with Gasteiger partial charge in [0.15, 0.2) is 0 Å². The molecular weight excluding hydrogens is 148 g/mol. The molecule has 0 amide bonds. The normalized spacial score (nSPS) is 14.8. The van der Waals surface area contributed by atoms with Crippen LogP contribution in [-0.4, -0.2) is 19.1 Å². The molecule has 3 N–H and O–H groups in total. The Balaban J connectivity index is 3.42. The Morgan fingerprint density at radius 3 is 2.42 bits per heavy atom. The Morgan fingerprint density at radius 2 is 2.00 bits per heavy atom. The average Bonchev–Trinajstić information content (AvgIpc) is 2.04. The lowest BCUT2D eigenvalue weighted by Crippen LogP contribution is -2.32. The Kier molecular flexibility index (Phi) is 5.51.